The van der Waals surface area contributed by atoms with E-state index in [2.05, 4.69) is 48.6 Å². The quantitative estimate of drug-likeness (QED) is 0.175. The van der Waals surface area contributed by atoms with Gasteiger partial charge in [-0.05, 0) is 53.8 Å². The van der Waals surface area contributed by atoms with Crippen molar-refractivity contribution >= 4 is 34.9 Å². The summed E-state index contributed by atoms with van der Waals surface area (Å²) in [6, 6.07) is 14.6. The first-order valence-electron chi connectivity index (χ1n) is 14.4. The van der Waals surface area contributed by atoms with Crippen LogP contribution in [0.2, 0.25) is 25.7 Å². The first kappa shape index (κ1) is 28.7. The van der Waals surface area contributed by atoms with Crippen LogP contribution < -0.4 is 9.46 Å². The monoisotopic (exact) mass is 604 g/mol. The summed E-state index contributed by atoms with van der Waals surface area (Å²) in [5.74, 6) is 0.615. The van der Waals surface area contributed by atoms with E-state index in [0.29, 0.717) is 42.3 Å². The van der Waals surface area contributed by atoms with Crippen LogP contribution >= 0.6 is 0 Å². The highest BCUT2D eigenvalue weighted by Crippen LogP contribution is 2.36. The molecule has 1 N–H and O–H groups in total. The molecule has 0 bridgehead atoms. The molecule has 220 valence electrons. The number of carbonyl (C=O) groups is 1. The van der Waals surface area contributed by atoms with E-state index in [4.69, 9.17) is 19.6 Å². The van der Waals surface area contributed by atoms with Gasteiger partial charge >= 0.3 is 0 Å². The van der Waals surface area contributed by atoms with Crippen LogP contribution in [0, 0.1) is 0 Å². The van der Waals surface area contributed by atoms with Gasteiger partial charge in [-0.3, -0.25) is 4.79 Å². The van der Waals surface area contributed by atoms with Gasteiger partial charge in [0, 0.05) is 56.8 Å². The number of nitrogens with one attached hydrogen (secondary N) is 1. The Bertz CT molecular complexity index is 1780. The van der Waals surface area contributed by atoms with Gasteiger partial charge in [0.2, 0.25) is 10.0 Å². The second-order valence-electron chi connectivity index (χ2n) is 12.2. The number of ketones is 1. The molecule has 2 aromatic heterocycles. The molecule has 1 aliphatic heterocycles. The van der Waals surface area contributed by atoms with Crippen LogP contribution in [-0.2, 0) is 39.1 Å². The molecule has 0 unspecified atom stereocenters. The molecule has 11 heteroatoms. The Kier molecular flexibility index (Phi) is 7.77. The second-order valence-corrected chi connectivity index (χ2v) is 19.6. The number of carbonyl (C=O) groups excluding carboxylic acids is 1. The summed E-state index contributed by atoms with van der Waals surface area (Å²) in [7, 11) is -4.90. The molecular formula is C31H36N4O5SSi. The third-order valence-corrected chi connectivity index (χ3v) is 11.0. The Morgan fingerprint density at radius 1 is 0.976 bits per heavy atom. The Labute approximate surface area is 247 Å². The number of pyridine rings is 1. The van der Waals surface area contributed by atoms with Crippen LogP contribution in [0.4, 0.5) is 0 Å². The van der Waals surface area contributed by atoms with E-state index in [9.17, 15) is 13.2 Å². The highest BCUT2D eigenvalue weighted by Gasteiger charge is 2.25. The van der Waals surface area contributed by atoms with E-state index in [-0.39, 0.29) is 24.8 Å². The van der Waals surface area contributed by atoms with E-state index in [1.807, 2.05) is 6.20 Å². The van der Waals surface area contributed by atoms with Crippen LogP contribution in [0.3, 0.4) is 0 Å². The van der Waals surface area contributed by atoms with Crippen molar-refractivity contribution in [3.8, 4) is 28.1 Å². The lowest BCUT2D eigenvalue weighted by Gasteiger charge is -2.15. The van der Waals surface area contributed by atoms with E-state index in [0.717, 1.165) is 41.0 Å². The average Bonchev–Trinajstić information content (AvgIpc) is 3.10. The fraction of sp³-hybridized carbons (Fsp3) is 0.387. The highest BCUT2D eigenvalue weighted by molar-refractivity contribution is 7.89. The minimum absolute atomic E-state index is 0.115. The summed E-state index contributed by atoms with van der Waals surface area (Å²) >= 11 is 0. The summed E-state index contributed by atoms with van der Waals surface area (Å²) in [4.78, 5) is 17.0. The zero-order valence-corrected chi connectivity index (χ0v) is 26.1. The van der Waals surface area contributed by atoms with Crippen LogP contribution in [0.25, 0.3) is 33.4 Å². The number of nitrogens with zero attached hydrogens (tertiary/aromatic N) is 3. The normalized spacial score (nSPS) is 16.8. The number of aromatic nitrogens is 3. The Hall–Kier alpha value is -3.38. The molecule has 0 radical (unpaired) electrons. The van der Waals surface area contributed by atoms with Gasteiger partial charge in [0.05, 0.1) is 0 Å². The molecule has 2 aliphatic rings. The van der Waals surface area contributed by atoms with E-state index >= 15 is 0 Å². The smallest absolute Gasteiger partial charge is 0.244 e. The van der Waals surface area contributed by atoms with Crippen molar-refractivity contribution in [3.05, 3.63) is 59.8 Å². The minimum atomic E-state index is -3.65. The van der Waals surface area contributed by atoms with Crippen molar-refractivity contribution in [2.45, 2.75) is 63.0 Å². The summed E-state index contributed by atoms with van der Waals surface area (Å²) in [6.45, 7) is 8.32. The molecular weight excluding hydrogens is 569 g/mol. The lowest BCUT2D eigenvalue weighted by atomic mass is 9.96. The van der Waals surface area contributed by atoms with Gasteiger partial charge < -0.3 is 9.47 Å². The zero-order valence-electron chi connectivity index (χ0n) is 24.3. The van der Waals surface area contributed by atoms with Gasteiger partial charge in [-0.2, -0.15) is 5.10 Å². The molecule has 4 aromatic rings. The number of ether oxygens (including phenoxy) is 2. The molecule has 0 atom stereocenters. The van der Waals surface area contributed by atoms with E-state index < -0.39 is 18.1 Å². The number of aryl methyl sites for hydroxylation is 2. The van der Waals surface area contributed by atoms with Crippen molar-refractivity contribution in [3.63, 3.8) is 0 Å². The van der Waals surface area contributed by atoms with Gasteiger partial charge in [0.25, 0.3) is 0 Å². The third kappa shape index (κ3) is 6.05. The van der Waals surface area contributed by atoms with Gasteiger partial charge in [0.15, 0.2) is 5.65 Å². The minimum Gasteiger partial charge on any atom is -0.491 e. The van der Waals surface area contributed by atoms with Crippen LogP contribution in [0.1, 0.15) is 24.0 Å². The maximum absolute atomic E-state index is 12.7. The largest absolute Gasteiger partial charge is 0.491 e. The first-order valence-corrected chi connectivity index (χ1v) is 19.6. The van der Waals surface area contributed by atoms with Gasteiger partial charge in [0.1, 0.15) is 35.5 Å². The van der Waals surface area contributed by atoms with Crippen molar-refractivity contribution in [2.75, 3.05) is 19.8 Å². The van der Waals surface area contributed by atoms with Crippen molar-refractivity contribution in [1.29, 1.82) is 0 Å². The number of hydrogen-bond donors (Lipinski definition) is 1. The van der Waals surface area contributed by atoms with E-state index in [1.54, 1.807) is 22.9 Å². The fourth-order valence-electron chi connectivity index (χ4n) is 5.41. The van der Waals surface area contributed by atoms with Gasteiger partial charge in [-0.25, -0.2) is 22.8 Å². The Morgan fingerprint density at radius 2 is 1.76 bits per heavy atom. The van der Waals surface area contributed by atoms with E-state index in [1.165, 1.54) is 11.1 Å². The second kappa shape index (κ2) is 11.4. The van der Waals surface area contributed by atoms with Crippen LogP contribution in [-0.4, -0.2) is 56.8 Å². The Morgan fingerprint density at radius 3 is 2.57 bits per heavy atom. The van der Waals surface area contributed by atoms with Crippen molar-refractivity contribution in [1.82, 2.24) is 19.5 Å². The van der Waals surface area contributed by atoms with Gasteiger partial charge in [-0.1, -0.05) is 43.9 Å². The molecule has 9 nitrogen and oxygen atoms in total. The Balaban J connectivity index is 1.41. The lowest BCUT2D eigenvalue weighted by Crippen LogP contribution is -2.24. The number of sulfonamides is 1. The number of fused-ring (bicyclic) bond motifs is 3. The third-order valence-electron chi connectivity index (χ3n) is 7.84. The molecule has 1 aliphatic carbocycles. The molecule has 2 aromatic carbocycles. The first-order chi connectivity index (χ1) is 20.1. The summed E-state index contributed by atoms with van der Waals surface area (Å²) in [5.41, 5.74) is 6.52. The highest BCUT2D eigenvalue weighted by atomic mass is 32.2. The summed E-state index contributed by atoms with van der Waals surface area (Å²) in [6.07, 6.45) is 4.57. The number of rotatable bonds is 7. The average molecular weight is 605 g/mol. The lowest BCUT2D eigenvalue weighted by molar-refractivity contribution is -0.118. The fourth-order valence-corrected chi connectivity index (χ4v) is 7.30. The van der Waals surface area contributed by atoms with Crippen molar-refractivity contribution in [2.24, 2.45) is 0 Å². The predicted octanol–water partition coefficient (Wildman–Crippen LogP) is 5.20. The maximum Gasteiger partial charge on any atom is 0.244 e. The summed E-state index contributed by atoms with van der Waals surface area (Å²) in [5, 5.41) is 5.74. The zero-order chi connectivity index (χ0) is 29.5. The van der Waals surface area contributed by atoms with Crippen LogP contribution in [0.15, 0.2) is 53.6 Å². The molecule has 42 heavy (non-hydrogen) atoms. The maximum atomic E-state index is 12.7. The number of Topliss-reactive ketones (excluding diaryl/α,β-unsaturated/α-hetero) is 1. The predicted molar refractivity (Wildman–Crippen MR) is 165 cm³/mol. The molecule has 0 amide bonds. The molecule has 0 spiro atoms. The number of benzene rings is 2. The number of hydrogen-bond acceptors (Lipinski definition) is 7. The molecule has 0 fully saturated rings. The molecule has 0 saturated heterocycles. The van der Waals surface area contributed by atoms with Gasteiger partial charge in [-0.15, -0.1) is 0 Å². The standard InChI is InChI=1S/C31H36N4O5SSi/c1-42(2,3)15-14-39-20-35-31-27(30(34-35)24-8-11-29-28(18-24)40-13-12-33-41(29,37)38)17-25(19-32-31)23-5-4-21-6-9-26(36)10-7-22(21)16-23/h4-5,8,11,16-19,33H,6-7,9-10,12-15,20H2,1-3H3. The topological polar surface area (TPSA) is 112 Å². The molecule has 3 heterocycles. The molecule has 0 saturated carbocycles. The summed E-state index contributed by atoms with van der Waals surface area (Å²) < 4.78 is 41.5. The van der Waals surface area contributed by atoms with Crippen molar-refractivity contribution < 1.29 is 22.7 Å². The molecule has 6 rings (SSSR count). The SMILES string of the molecule is C[Si](C)(C)CCOCn1nc(-c2ccc3c(c2)OCCNS3(=O)=O)c2cc(-c3ccc4c(c3)CCC(=O)CC4)cnc21. The van der Waals surface area contributed by atoms with Crippen LogP contribution in [0.5, 0.6) is 5.75 Å².